The second-order valence-electron chi connectivity index (χ2n) is 2.68. The standard InChI is InChI=1S/C8H5ClN6O2/c9-7-5(2-1-3-12-14-11)4-6(15(16)17)8(10)13-7/h4H,3H2,(H2,10,13). The summed E-state index contributed by atoms with van der Waals surface area (Å²) in [5.41, 5.74) is 13.1. The predicted octanol–water partition coefficient (Wildman–Crippen LogP) is 1.89. The molecule has 1 heterocycles. The number of nitro groups is 1. The Balaban J connectivity index is 3.14. The predicted molar refractivity (Wildman–Crippen MR) is 61.2 cm³/mol. The number of nitrogens with two attached hydrogens (primary N) is 1. The molecule has 0 amide bonds. The molecule has 0 unspecified atom stereocenters. The first-order valence-corrected chi connectivity index (χ1v) is 4.54. The lowest BCUT2D eigenvalue weighted by Crippen LogP contribution is -2.00. The fourth-order valence-corrected chi connectivity index (χ4v) is 1.12. The molecule has 17 heavy (non-hydrogen) atoms. The van der Waals surface area contributed by atoms with Crippen molar-refractivity contribution in [2.45, 2.75) is 0 Å². The summed E-state index contributed by atoms with van der Waals surface area (Å²) in [6.07, 6.45) is 0. The van der Waals surface area contributed by atoms with Gasteiger partial charge in [-0.15, -0.1) is 0 Å². The summed E-state index contributed by atoms with van der Waals surface area (Å²) in [6.45, 7) is -0.0645. The smallest absolute Gasteiger partial charge is 0.312 e. The van der Waals surface area contributed by atoms with Crippen molar-refractivity contribution in [1.29, 1.82) is 0 Å². The summed E-state index contributed by atoms with van der Waals surface area (Å²) in [5, 5.41) is 13.7. The third kappa shape index (κ3) is 3.24. The van der Waals surface area contributed by atoms with Crippen molar-refractivity contribution in [3.8, 4) is 11.8 Å². The molecule has 1 rings (SSSR count). The molecule has 0 saturated heterocycles. The number of nitrogens with zero attached hydrogens (tertiary/aromatic N) is 5. The number of anilines is 1. The summed E-state index contributed by atoms with van der Waals surface area (Å²) in [4.78, 5) is 16.0. The van der Waals surface area contributed by atoms with E-state index in [0.29, 0.717) is 0 Å². The molecule has 1 aromatic rings. The van der Waals surface area contributed by atoms with Crippen LogP contribution in [0, 0.1) is 22.0 Å². The third-order valence-corrected chi connectivity index (χ3v) is 1.91. The summed E-state index contributed by atoms with van der Waals surface area (Å²) < 4.78 is 0. The lowest BCUT2D eigenvalue weighted by atomic mass is 10.2. The highest BCUT2D eigenvalue weighted by molar-refractivity contribution is 6.30. The molecule has 0 fully saturated rings. The summed E-state index contributed by atoms with van der Waals surface area (Å²) >= 11 is 5.70. The minimum absolute atomic E-state index is 0.0402. The zero-order chi connectivity index (χ0) is 12.8. The van der Waals surface area contributed by atoms with Crippen LogP contribution in [0.1, 0.15) is 5.56 Å². The average molecular weight is 253 g/mol. The quantitative estimate of drug-likeness (QED) is 0.164. The summed E-state index contributed by atoms with van der Waals surface area (Å²) in [6, 6.07) is 1.12. The van der Waals surface area contributed by atoms with Crippen LogP contribution >= 0.6 is 11.6 Å². The molecule has 0 saturated carbocycles. The molecule has 1 aromatic heterocycles. The van der Waals surface area contributed by atoms with Crippen molar-refractivity contribution in [2.24, 2.45) is 5.11 Å². The highest BCUT2D eigenvalue weighted by Gasteiger charge is 2.15. The van der Waals surface area contributed by atoms with E-state index in [4.69, 9.17) is 22.9 Å². The Kier molecular flexibility index (Phi) is 4.11. The van der Waals surface area contributed by atoms with Crippen molar-refractivity contribution >= 4 is 23.1 Å². The highest BCUT2D eigenvalue weighted by atomic mass is 35.5. The molecule has 0 aliphatic heterocycles. The second kappa shape index (κ2) is 5.55. The van der Waals surface area contributed by atoms with Crippen LogP contribution < -0.4 is 5.73 Å². The van der Waals surface area contributed by atoms with Gasteiger partial charge >= 0.3 is 5.69 Å². The number of nitrogen functional groups attached to an aromatic ring is 1. The van der Waals surface area contributed by atoms with Gasteiger partial charge in [-0.3, -0.25) is 10.1 Å². The number of rotatable bonds is 2. The van der Waals surface area contributed by atoms with E-state index in [9.17, 15) is 10.1 Å². The van der Waals surface area contributed by atoms with Gasteiger partial charge in [0.2, 0.25) is 5.82 Å². The Bertz CT molecular complexity index is 569. The van der Waals surface area contributed by atoms with Crippen LogP contribution in [0.5, 0.6) is 0 Å². The fourth-order valence-electron chi connectivity index (χ4n) is 0.929. The zero-order valence-electron chi connectivity index (χ0n) is 8.29. The van der Waals surface area contributed by atoms with Crippen LogP contribution in [0.25, 0.3) is 10.4 Å². The van der Waals surface area contributed by atoms with Gasteiger partial charge in [0.05, 0.1) is 17.0 Å². The molecule has 0 spiro atoms. The van der Waals surface area contributed by atoms with E-state index < -0.39 is 4.92 Å². The highest BCUT2D eigenvalue weighted by Crippen LogP contribution is 2.24. The number of aromatic nitrogens is 1. The Morgan fingerprint density at radius 2 is 2.47 bits per heavy atom. The number of hydrogen-bond donors (Lipinski definition) is 1. The lowest BCUT2D eigenvalue weighted by molar-refractivity contribution is -0.384. The van der Waals surface area contributed by atoms with Crippen molar-refractivity contribution in [3.63, 3.8) is 0 Å². The van der Waals surface area contributed by atoms with Crippen molar-refractivity contribution in [3.05, 3.63) is 37.3 Å². The van der Waals surface area contributed by atoms with E-state index in [1.54, 1.807) is 0 Å². The van der Waals surface area contributed by atoms with Crippen molar-refractivity contribution in [1.82, 2.24) is 4.98 Å². The van der Waals surface area contributed by atoms with E-state index in [1.165, 1.54) is 0 Å². The molecule has 0 aromatic carbocycles. The first-order chi connectivity index (χ1) is 8.06. The summed E-state index contributed by atoms with van der Waals surface area (Å²) in [7, 11) is 0. The van der Waals surface area contributed by atoms with Crippen LogP contribution in [-0.2, 0) is 0 Å². The van der Waals surface area contributed by atoms with Gasteiger partial charge in [0.1, 0.15) is 5.15 Å². The van der Waals surface area contributed by atoms with Gasteiger partial charge in [0.25, 0.3) is 0 Å². The van der Waals surface area contributed by atoms with Crippen LogP contribution in [0.15, 0.2) is 11.2 Å². The minimum Gasteiger partial charge on any atom is -0.378 e. The Labute approximate surface area is 100 Å². The van der Waals surface area contributed by atoms with E-state index in [1.807, 2.05) is 0 Å². The van der Waals surface area contributed by atoms with Gasteiger partial charge in [0.15, 0.2) is 0 Å². The topological polar surface area (TPSA) is 131 Å². The molecule has 0 atom stereocenters. The number of halogens is 1. The number of azide groups is 1. The maximum absolute atomic E-state index is 10.6. The Morgan fingerprint density at radius 1 is 1.76 bits per heavy atom. The molecule has 8 nitrogen and oxygen atoms in total. The van der Waals surface area contributed by atoms with Crippen LogP contribution in [0.2, 0.25) is 5.15 Å². The number of pyridine rings is 1. The minimum atomic E-state index is -0.683. The van der Waals surface area contributed by atoms with Gasteiger partial charge in [0, 0.05) is 11.0 Å². The summed E-state index contributed by atoms with van der Waals surface area (Å²) in [5.74, 6) is 4.69. The molecule has 9 heteroatoms. The van der Waals surface area contributed by atoms with E-state index in [0.717, 1.165) is 6.07 Å². The molecule has 0 aliphatic carbocycles. The maximum Gasteiger partial charge on any atom is 0.312 e. The van der Waals surface area contributed by atoms with Gasteiger partial charge in [-0.2, -0.15) is 0 Å². The zero-order valence-corrected chi connectivity index (χ0v) is 9.05. The molecule has 0 bridgehead atoms. The van der Waals surface area contributed by atoms with Crippen LogP contribution in [-0.4, -0.2) is 16.5 Å². The molecule has 2 N–H and O–H groups in total. The first kappa shape index (κ1) is 12.6. The van der Waals surface area contributed by atoms with E-state index in [-0.39, 0.29) is 28.8 Å². The van der Waals surface area contributed by atoms with E-state index >= 15 is 0 Å². The SMILES string of the molecule is [N-]=[N+]=NCC#Cc1cc([N+](=O)[O-])c(N)nc1Cl. The van der Waals surface area contributed by atoms with Crippen LogP contribution in [0.3, 0.4) is 0 Å². The van der Waals surface area contributed by atoms with Crippen LogP contribution in [0.4, 0.5) is 11.5 Å². The molecular weight excluding hydrogens is 248 g/mol. The van der Waals surface area contributed by atoms with Crippen molar-refractivity contribution < 1.29 is 4.92 Å². The fraction of sp³-hybridized carbons (Fsp3) is 0.125. The molecule has 0 aliphatic rings. The average Bonchev–Trinajstić information content (AvgIpc) is 2.26. The monoisotopic (exact) mass is 252 g/mol. The third-order valence-electron chi connectivity index (χ3n) is 1.62. The lowest BCUT2D eigenvalue weighted by Gasteiger charge is -1.99. The van der Waals surface area contributed by atoms with Crippen molar-refractivity contribution in [2.75, 3.05) is 12.3 Å². The molecule has 86 valence electrons. The molecule has 0 radical (unpaired) electrons. The molecular formula is C8H5ClN6O2. The maximum atomic E-state index is 10.6. The Hall–Kier alpha value is -2.49. The second-order valence-corrected chi connectivity index (χ2v) is 3.04. The largest absolute Gasteiger partial charge is 0.378 e. The van der Waals surface area contributed by atoms with Gasteiger partial charge in [-0.05, 0) is 5.53 Å². The van der Waals surface area contributed by atoms with Gasteiger partial charge in [-0.1, -0.05) is 28.6 Å². The first-order valence-electron chi connectivity index (χ1n) is 4.16. The van der Waals surface area contributed by atoms with E-state index in [2.05, 4.69) is 26.9 Å². The van der Waals surface area contributed by atoms with Gasteiger partial charge in [-0.25, -0.2) is 4.98 Å². The number of hydrogen-bond acceptors (Lipinski definition) is 5. The normalized spacial score (nSPS) is 8.76. The van der Waals surface area contributed by atoms with Gasteiger partial charge < -0.3 is 5.73 Å². The Morgan fingerprint density at radius 3 is 3.06 bits per heavy atom.